The van der Waals surface area contributed by atoms with Gasteiger partial charge in [0, 0.05) is 36.4 Å². The fourth-order valence-corrected chi connectivity index (χ4v) is 3.56. The third kappa shape index (κ3) is 12.5. The van der Waals surface area contributed by atoms with Crippen LogP contribution in [0.1, 0.15) is 98.9 Å². The van der Waals surface area contributed by atoms with Gasteiger partial charge in [0.1, 0.15) is 5.65 Å². The van der Waals surface area contributed by atoms with Crippen LogP contribution in [0.25, 0.3) is 16.7 Å². The molecule has 1 aliphatic carbocycles. The fraction of sp³-hybridized carbons (Fsp3) is 0.581. The summed E-state index contributed by atoms with van der Waals surface area (Å²) in [6, 6.07) is 10.2. The van der Waals surface area contributed by atoms with Crippen molar-refractivity contribution in [3.63, 3.8) is 0 Å². The fourth-order valence-electron chi connectivity index (χ4n) is 3.56. The summed E-state index contributed by atoms with van der Waals surface area (Å²) in [5.41, 5.74) is 9.17. The first-order chi connectivity index (χ1) is 19.0. The minimum atomic E-state index is -0.291. The normalized spacial score (nSPS) is 12.8. The molecule has 1 fully saturated rings. The van der Waals surface area contributed by atoms with Gasteiger partial charge in [0.25, 0.3) is 0 Å². The quantitative estimate of drug-likeness (QED) is 0.141. The highest BCUT2D eigenvalue weighted by molar-refractivity contribution is 5.77. The van der Waals surface area contributed by atoms with Gasteiger partial charge in [0.05, 0.1) is 5.69 Å². The number of nitrogens with two attached hydrogens (primary N) is 1. The third-order valence-electron chi connectivity index (χ3n) is 5.64. The van der Waals surface area contributed by atoms with E-state index in [1.54, 1.807) is 4.57 Å². The molecule has 0 amide bonds. The second-order valence-electron chi connectivity index (χ2n) is 8.37. The van der Waals surface area contributed by atoms with Gasteiger partial charge in [-0.1, -0.05) is 67.5 Å². The van der Waals surface area contributed by atoms with Gasteiger partial charge in [-0.05, 0) is 69.3 Å². The minimum absolute atomic E-state index is 0.208. The van der Waals surface area contributed by atoms with Gasteiger partial charge in [0.2, 0.25) is 0 Å². The van der Waals surface area contributed by atoms with Gasteiger partial charge in [-0.3, -0.25) is 9.56 Å². The Bertz CT molecular complexity index is 1110. The van der Waals surface area contributed by atoms with Crippen molar-refractivity contribution < 1.29 is 0 Å². The van der Waals surface area contributed by atoms with Crippen molar-refractivity contribution in [3.05, 3.63) is 58.3 Å². The number of aliphatic imine (C=N–C) groups is 1. The topological polar surface area (TPSA) is 113 Å². The van der Waals surface area contributed by atoms with E-state index in [-0.39, 0.29) is 11.7 Å². The molecule has 8 heteroatoms. The number of nitrogens with one attached hydrogen (secondary N) is 3. The number of aryl methyl sites for hydroxylation is 1. The van der Waals surface area contributed by atoms with Crippen molar-refractivity contribution in [2.24, 2.45) is 16.6 Å². The molecule has 0 aliphatic heterocycles. The van der Waals surface area contributed by atoms with Gasteiger partial charge in [-0.2, -0.15) is 4.98 Å². The lowest BCUT2D eigenvalue weighted by atomic mass is 10.1. The Morgan fingerprint density at radius 2 is 1.69 bits per heavy atom. The van der Waals surface area contributed by atoms with E-state index in [1.165, 1.54) is 18.4 Å². The van der Waals surface area contributed by atoms with Gasteiger partial charge in [-0.15, -0.1) is 0 Å². The van der Waals surface area contributed by atoms with Crippen LogP contribution in [-0.2, 0) is 0 Å². The van der Waals surface area contributed by atoms with E-state index in [0.717, 1.165) is 48.7 Å². The second kappa shape index (κ2) is 20.8. The molecule has 8 nitrogen and oxygen atoms in total. The first-order valence-corrected chi connectivity index (χ1v) is 15.0. The van der Waals surface area contributed by atoms with Crippen molar-refractivity contribution in [2.45, 2.75) is 94.5 Å². The average Bonchev–Trinajstić information content (AvgIpc) is 3.75. The Kier molecular flexibility index (Phi) is 19.1. The summed E-state index contributed by atoms with van der Waals surface area (Å²) in [6.07, 6.45) is 5.36. The zero-order valence-electron chi connectivity index (χ0n) is 26.2. The molecular weight excluding hydrogens is 486 g/mol. The van der Waals surface area contributed by atoms with E-state index in [2.05, 4.69) is 32.5 Å². The molecule has 0 unspecified atom stereocenters. The van der Waals surface area contributed by atoms with Crippen LogP contribution >= 0.6 is 0 Å². The number of guanidine groups is 1. The number of hydrogen-bond acceptors (Lipinski definition) is 4. The maximum atomic E-state index is 12.4. The summed E-state index contributed by atoms with van der Waals surface area (Å²) in [5.74, 6) is 1.30. The SMILES string of the molecule is CC.CC.CC.CC.Cc1cc2cn(-c3ccc([C@H](C)NCCCNC(N)=NCC4CC4)cc3)c(=O)nc2[nH]1. The Morgan fingerprint density at radius 1 is 1.08 bits per heavy atom. The van der Waals surface area contributed by atoms with Crippen molar-refractivity contribution in [1.82, 2.24) is 25.2 Å². The number of hydrogen-bond donors (Lipinski definition) is 4. The van der Waals surface area contributed by atoms with E-state index in [9.17, 15) is 4.79 Å². The van der Waals surface area contributed by atoms with E-state index in [1.807, 2.05) is 98.8 Å². The standard InChI is InChI=1S/C23H31N7O.4C2H6/c1-15-12-19-14-30(23(31)29-21(19)28-15)20-8-6-18(7-9-20)16(2)25-10-3-11-26-22(24)27-13-17-4-5-17;4*1-2/h6-9,12,14,16-17,25H,3-5,10-11,13H2,1-2H3,(H3,24,26,27)(H,28,29,31);4*1-2H3/t16-;;;;/m0..../s1. The van der Waals surface area contributed by atoms with Gasteiger partial charge >= 0.3 is 5.69 Å². The first-order valence-electron chi connectivity index (χ1n) is 15.0. The lowest BCUT2D eigenvalue weighted by molar-refractivity contribution is 0.555. The Morgan fingerprint density at radius 3 is 2.28 bits per heavy atom. The van der Waals surface area contributed by atoms with Crippen LogP contribution in [0.2, 0.25) is 0 Å². The summed E-state index contributed by atoms with van der Waals surface area (Å²) in [4.78, 5) is 24.0. The Balaban J connectivity index is 0.00000166. The number of H-pyrrole nitrogens is 1. The molecule has 3 aromatic rings. The molecule has 220 valence electrons. The van der Waals surface area contributed by atoms with Crippen molar-refractivity contribution in [3.8, 4) is 5.69 Å². The lowest BCUT2D eigenvalue weighted by Crippen LogP contribution is -2.34. The number of rotatable bonds is 9. The molecule has 0 radical (unpaired) electrons. The lowest BCUT2D eigenvalue weighted by Gasteiger charge is -2.15. The van der Waals surface area contributed by atoms with Crippen LogP contribution in [0.4, 0.5) is 0 Å². The van der Waals surface area contributed by atoms with Gasteiger partial charge in [0.15, 0.2) is 5.96 Å². The molecule has 0 saturated heterocycles. The number of fused-ring (bicyclic) bond motifs is 1. The Hall–Kier alpha value is -3.13. The van der Waals surface area contributed by atoms with E-state index in [4.69, 9.17) is 5.73 Å². The largest absolute Gasteiger partial charge is 0.370 e. The van der Waals surface area contributed by atoms with Gasteiger partial charge in [-0.25, -0.2) is 4.79 Å². The zero-order valence-corrected chi connectivity index (χ0v) is 26.2. The predicted molar refractivity (Wildman–Crippen MR) is 170 cm³/mol. The molecule has 0 spiro atoms. The highest BCUT2D eigenvalue weighted by Crippen LogP contribution is 2.28. The molecule has 2 heterocycles. The number of nitrogens with zero attached hydrogens (tertiary/aromatic N) is 3. The summed E-state index contributed by atoms with van der Waals surface area (Å²) in [5, 5.41) is 7.62. The van der Waals surface area contributed by atoms with Crippen LogP contribution in [0.15, 0.2) is 46.3 Å². The smallest absolute Gasteiger partial charge is 0.354 e. The summed E-state index contributed by atoms with van der Waals surface area (Å²) >= 11 is 0. The van der Waals surface area contributed by atoms with Gasteiger partial charge < -0.3 is 21.4 Å². The molecule has 4 rings (SSSR count). The minimum Gasteiger partial charge on any atom is -0.370 e. The third-order valence-corrected chi connectivity index (χ3v) is 5.64. The van der Waals surface area contributed by atoms with Crippen LogP contribution in [0.5, 0.6) is 0 Å². The number of aromatic nitrogens is 3. The number of benzene rings is 1. The van der Waals surface area contributed by atoms with Crippen molar-refractivity contribution in [1.29, 1.82) is 0 Å². The maximum Gasteiger partial charge on any atom is 0.354 e. The molecule has 1 saturated carbocycles. The summed E-state index contributed by atoms with van der Waals surface area (Å²) in [6.45, 7) is 22.6. The van der Waals surface area contributed by atoms with Crippen LogP contribution in [0, 0.1) is 12.8 Å². The molecule has 5 N–H and O–H groups in total. The molecule has 1 aliphatic rings. The summed E-state index contributed by atoms with van der Waals surface area (Å²) < 4.78 is 1.58. The molecule has 1 aromatic carbocycles. The molecular formula is C31H55N7O. The summed E-state index contributed by atoms with van der Waals surface area (Å²) in [7, 11) is 0. The molecule has 1 atom stereocenters. The molecule has 0 bridgehead atoms. The van der Waals surface area contributed by atoms with Crippen molar-refractivity contribution in [2.75, 3.05) is 19.6 Å². The monoisotopic (exact) mass is 541 g/mol. The van der Waals surface area contributed by atoms with Crippen LogP contribution < -0.4 is 22.1 Å². The molecule has 2 aromatic heterocycles. The van der Waals surface area contributed by atoms with Crippen LogP contribution in [-0.4, -0.2) is 40.1 Å². The van der Waals surface area contributed by atoms with E-state index in [0.29, 0.717) is 11.6 Å². The highest BCUT2D eigenvalue weighted by Gasteiger charge is 2.20. The predicted octanol–water partition coefficient (Wildman–Crippen LogP) is 6.48. The Labute approximate surface area is 236 Å². The van der Waals surface area contributed by atoms with E-state index >= 15 is 0 Å². The second-order valence-corrected chi connectivity index (χ2v) is 8.37. The zero-order chi connectivity index (χ0) is 29.8. The average molecular weight is 542 g/mol. The van der Waals surface area contributed by atoms with Crippen molar-refractivity contribution >= 4 is 17.0 Å². The maximum absolute atomic E-state index is 12.4. The van der Waals surface area contributed by atoms with E-state index < -0.39 is 0 Å². The first kappa shape index (κ1) is 35.9. The van der Waals surface area contributed by atoms with Crippen LogP contribution in [0.3, 0.4) is 0 Å². The number of aromatic amines is 1. The highest BCUT2D eigenvalue weighted by atomic mass is 16.1. The molecule has 39 heavy (non-hydrogen) atoms.